The van der Waals surface area contributed by atoms with Crippen LogP contribution in [0.1, 0.15) is 32.6 Å². The quantitative estimate of drug-likeness (QED) is 0.565. The highest BCUT2D eigenvalue weighted by atomic mass is 16.5. The monoisotopic (exact) mass is 152 g/mol. The molecule has 0 amide bonds. The summed E-state index contributed by atoms with van der Waals surface area (Å²) in [5.41, 5.74) is 0. The average Bonchev–Trinajstić information content (AvgIpc) is 2.60. The molecule has 3 unspecified atom stereocenters. The van der Waals surface area contributed by atoms with E-state index in [9.17, 15) is 0 Å². The van der Waals surface area contributed by atoms with E-state index in [1.165, 1.54) is 25.7 Å². The van der Waals surface area contributed by atoms with E-state index in [0.29, 0.717) is 12.2 Å². The Morgan fingerprint density at radius 3 is 2.91 bits per heavy atom. The Labute approximate surface area is 68.4 Å². The van der Waals surface area contributed by atoms with Crippen LogP contribution in [0.3, 0.4) is 0 Å². The van der Waals surface area contributed by atoms with Crippen LogP contribution in [0.5, 0.6) is 0 Å². The Balaban J connectivity index is 1.84. The van der Waals surface area contributed by atoms with Gasteiger partial charge in [-0.2, -0.15) is 0 Å². The zero-order valence-electron chi connectivity index (χ0n) is 7.12. The molecule has 2 heterocycles. The lowest BCUT2D eigenvalue weighted by atomic mass is 9.90. The van der Waals surface area contributed by atoms with Crippen LogP contribution < -0.4 is 0 Å². The molecule has 3 atom stereocenters. The van der Waals surface area contributed by atoms with E-state index in [1.807, 2.05) is 0 Å². The fourth-order valence-electron chi connectivity index (χ4n) is 2.11. The lowest BCUT2D eigenvalue weighted by molar-refractivity contribution is 0.107. The number of unbranched alkanes of at least 4 members (excludes halogenated alkanes) is 1. The molecule has 2 aliphatic heterocycles. The predicted octanol–water partition coefficient (Wildman–Crippen LogP) is 2.52. The molecule has 11 heavy (non-hydrogen) atoms. The topological polar surface area (TPSA) is 9.23 Å². The van der Waals surface area contributed by atoms with Crippen molar-refractivity contribution in [3.8, 4) is 0 Å². The van der Waals surface area contributed by atoms with Crippen LogP contribution in [0, 0.1) is 5.92 Å². The van der Waals surface area contributed by atoms with Gasteiger partial charge in [-0.3, -0.25) is 0 Å². The summed E-state index contributed by atoms with van der Waals surface area (Å²) < 4.78 is 5.67. The van der Waals surface area contributed by atoms with E-state index in [-0.39, 0.29) is 0 Å². The first-order valence-corrected chi connectivity index (χ1v) is 4.74. The van der Waals surface area contributed by atoms with Gasteiger partial charge in [0.15, 0.2) is 0 Å². The molecule has 1 nitrogen and oxygen atoms in total. The van der Waals surface area contributed by atoms with E-state index in [0.717, 1.165) is 5.92 Å². The average molecular weight is 152 g/mol. The fraction of sp³-hybridized carbons (Fsp3) is 0.800. The van der Waals surface area contributed by atoms with Crippen LogP contribution in [0.15, 0.2) is 12.2 Å². The molecule has 2 aliphatic rings. The second kappa shape index (κ2) is 2.98. The molecule has 0 spiro atoms. The first-order chi connectivity index (χ1) is 5.40. The summed E-state index contributed by atoms with van der Waals surface area (Å²) in [4.78, 5) is 0. The van der Waals surface area contributed by atoms with Crippen LogP contribution in [0.4, 0.5) is 0 Å². The van der Waals surface area contributed by atoms with Crippen molar-refractivity contribution in [3.63, 3.8) is 0 Å². The van der Waals surface area contributed by atoms with Gasteiger partial charge in [-0.1, -0.05) is 31.9 Å². The first kappa shape index (κ1) is 7.35. The lowest BCUT2D eigenvalue weighted by Gasteiger charge is -2.13. The van der Waals surface area contributed by atoms with Crippen molar-refractivity contribution in [1.82, 2.24) is 0 Å². The summed E-state index contributed by atoms with van der Waals surface area (Å²) in [6.07, 6.45) is 10.7. The Morgan fingerprint density at radius 1 is 1.45 bits per heavy atom. The highest BCUT2D eigenvalue weighted by Crippen LogP contribution is 2.36. The second-order valence-corrected chi connectivity index (χ2v) is 3.66. The van der Waals surface area contributed by atoms with Crippen molar-refractivity contribution >= 4 is 0 Å². The van der Waals surface area contributed by atoms with Gasteiger partial charge in [0.25, 0.3) is 0 Å². The number of rotatable bonds is 3. The van der Waals surface area contributed by atoms with Crippen molar-refractivity contribution in [2.24, 2.45) is 5.92 Å². The Bertz CT molecular complexity index is 162. The summed E-state index contributed by atoms with van der Waals surface area (Å²) >= 11 is 0. The third-order valence-corrected chi connectivity index (χ3v) is 2.78. The zero-order valence-corrected chi connectivity index (χ0v) is 7.12. The van der Waals surface area contributed by atoms with Crippen LogP contribution in [0.25, 0.3) is 0 Å². The van der Waals surface area contributed by atoms with Crippen molar-refractivity contribution in [2.45, 2.75) is 44.8 Å². The van der Waals surface area contributed by atoms with Crippen molar-refractivity contribution in [1.29, 1.82) is 0 Å². The van der Waals surface area contributed by atoms with Gasteiger partial charge in [0.05, 0.1) is 12.2 Å². The minimum Gasteiger partial charge on any atom is -0.367 e. The van der Waals surface area contributed by atoms with Gasteiger partial charge in [0, 0.05) is 0 Å². The standard InChI is InChI=1S/C10H16O/c1-2-3-4-8-7-9-5-6-10(8)11-9/h5-6,8-10H,2-4,7H2,1H3. The largest absolute Gasteiger partial charge is 0.367 e. The van der Waals surface area contributed by atoms with Gasteiger partial charge in [-0.25, -0.2) is 0 Å². The molecule has 0 aromatic carbocycles. The van der Waals surface area contributed by atoms with Gasteiger partial charge in [-0.05, 0) is 18.8 Å². The predicted molar refractivity (Wildman–Crippen MR) is 45.4 cm³/mol. The molecule has 2 bridgehead atoms. The molecule has 0 radical (unpaired) electrons. The minimum atomic E-state index is 0.474. The molecular weight excluding hydrogens is 136 g/mol. The number of ether oxygens (including phenoxy) is 1. The molecule has 1 heteroatoms. The summed E-state index contributed by atoms with van der Waals surface area (Å²) in [6.45, 7) is 2.25. The smallest absolute Gasteiger partial charge is 0.0794 e. The van der Waals surface area contributed by atoms with E-state index >= 15 is 0 Å². The van der Waals surface area contributed by atoms with E-state index in [2.05, 4.69) is 19.1 Å². The van der Waals surface area contributed by atoms with Crippen molar-refractivity contribution in [3.05, 3.63) is 12.2 Å². The highest BCUT2D eigenvalue weighted by Gasteiger charge is 2.35. The van der Waals surface area contributed by atoms with Crippen molar-refractivity contribution in [2.75, 3.05) is 0 Å². The lowest BCUT2D eigenvalue weighted by Crippen LogP contribution is -2.12. The zero-order chi connectivity index (χ0) is 7.68. The molecule has 1 saturated heterocycles. The van der Waals surface area contributed by atoms with E-state index < -0.39 is 0 Å². The maximum absolute atomic E-state index is 5.67. The fourth-order valence-corrected chi connectivity index (χ4v) is 2.11. The maximum atomic E-state index is 5.67. The number of fused-ring (bicyclic) bond motifs is 2. The summed E-state index contributed by atoms with van der Waals surface area (Å²) in [6, 6.07) is 0. The third-order valence-electron chi connectivity index (χ3n) is 2.78. The van der Waals surface area contributed by atoms with Crippen LogP contribution in [-0.2, 0) is 4.74 Å². The molecular formula is C10H16O. The normalized spacial score (nSPS) is 40.3. The maximum Gasteiger partial charge on any atom is 0.0794 e. The van der Waals surface area contributed by atoms with Crippen LogP contribution >= 0.6 is 0 Å². The molecule has 0 aromatic rings. The Morgan fingerprint density at radius 2 is 2.36 bits per heavy atom. The number of hydrogen-bond acceptors (Lipinski definition) is 1. The molecule has 0 saturated carbocycles. The van der Waals surface area contributed by atoms with Crippen LogP contribution in [-0.4, -0.2) is 12.2 Å². The Hall–Kier alpha value is -0.300. The molecule has 62 valence electrons. The summed E-state index contributed by atoms with van der Waals surface area (Å²) in [7, 11) is 0. The number of hydrogen-bond donors (Lipinski definition) is 0. The molecule has 0 aromatic heterocycles. The first-order valence-electron chi connectivity index (χ1n) is 4.74. The SMILES string of the molecule is CCCCC1CC2C=CC1O2. The molecule has 1 fully saturated rings. The van der Waals surface area contributed by atoms with Gasteiger partial charge < -0.3 is 4.74 Å². The van der Waals surface area contributed by atoms with E-state index in [1.54, 1.807) is 0 Å². The molecule has 2 rings (SSSR count). The van der Waals surface area contributed by atoms with Gasteiger partial charge in [0.1, 0.15) is 0 Å². The Kier molecular flexibility index (Phi) is 1.99. The molecule has 0 N–H and O–H groups in total. The minimum absolute atomic E-state index is 0.474. The summed E-state index contributed by atoms with van der Waals surface area (Å²) in [5, 5.41) is 0. The second-order valence-electron chi connectivity index (χ2n) is 3.66. The van der Waals surface area contributed by atoms with Crippen molar-refractivity contribution < 1.29 is 4.74 Å². The van der Waals surface area contributed by atoms with Crippen LogP contribution in [0.2, 0.25) is 0 Å². The highest BCUT2D eigenvalue weighted by molar-refractivity contribution is 5.10. The van der Waals surface area contributed by atoms with Gasteiger partial charge in [0.2, 0.25) is 0 Å². The third kappa shape index (κ3) is 1.34. The van der Waals surface area contributed by atoms with E-state index in [4.69, 9.17) is 4.74 Å². The summed E-state index contributed by atoms with van der Waals surface area (Å²) in [5.74, 6) is 0.838. The van der Waals surface area contributed by atoms with Gasteiger partial charge >= 0.3 is 0 Å². The molecule has 0 aliphatic carbocycles. The van der Waals surface area contributed by atoms with Gasteiger partial charge in [-0.15, -0.1) is 0 Å².